The molecule has 3 aliphatic carbocycles. The van der Waals surface area contributed by atoms with Crippen LogP contribution in [0.1, 0.15) is 115 Å². The molecular weight excluding hydrogens is 711 g/mol. The van der Waals surface area contributed by atoms with Gasteiger partial charge in [0.15, 0.2) is 22.8 Å². The number of hydrogen-bond acceptors (Lipinski definition) is 10. The van der Waals surface area contributed by atoms with E-state index in [-0.39, 0.29) is 60.0 Å². The number of aromatic hydroxyl groups is 2. The molecular formula is C46H61NO9. The number of phenols is 2. The van der Waals surface area contributed by atoms with Gasteiger partial charge in [-0.15, -0.1) is 0 Å². The topological polar surface area (TPSA) is 132 Å². The van der Waals surface area contributed by atoms with E-state index in [1.54, 1.807) is 19.1 Å². The van der Waals surface area contributed by atoms with Gasteiger partial charge in [-0.1, -0.05) is 47.1 Å². The number of ether oxygens (including phenoxy) is 4. The molecule has 4 bridgehead atoms. The molecule has 0 amide bonds. The lowest BCUT2D eigenvalue weighted by molar-refractivity contribution is -0.171. The van der Waals surface area contributed by atoms with Crippen molar-refractivity contribution >= 4 is 17.5 Å². The fraction of sp³-hybridized carbons (Fsp3) is 0.587. The summed E-state index contributed by atoms with van der Waals surface area (Å²) in [5.74, 6) is -2.49. The van der Waals surface area contributed by atoms with Gasteiger partial charge in [0.2, 0.25) is 0 Å². The fourth-order valence-corrected chi connectivity index (χ4v) is 9.34. The third-order valence-corrected chi connectivity index (χ3v) is 12.4. The molecule has 3 heterocycles. The smallest absolute Gasteiger partial charge is 0.333 e. The zero-order valence-electron chi connectivity index (χ0n) is 34.6. The van der Waals surface area contributed by atoms with Crippen molar-refractivity contribution in [2.45, 2.75) is 124 Å². The Hall–Kier alpha value is -3.99. The molecule has 2 N–H and O–H groups in total. The van der Waals surface area contributed by atoms with Gasteiger partial charge >= 0.3 is 5.97 Å². The number of nitrogens with zero attached hydrogens (tertiary/aromatic N) is 1. The molecule has 3 fully saturated rings. The van der Waals surface area contributed by atoms with E-state index in [4.69, 9.17) is 18.9 Å². The second-order valence-electron chi connectivity index (χ2n) is 17.3. The lowest BCUT2D eigenvalue weighted by Gasteiger charge is -2.56. The lowest BCUT2D eigenvalue weighted by atomic mass is 9.51. The Morgan fingerprint density at radius 1 is 0.929 bits per heavy atom. The van der Waals surface area contributed by atoms with Crippen LogP contribution in [0.25, 0.3) is 0 Å². The summed E-state index contributed by atoms with van der Waals surface area (Å²) in [6, 6.07) is 0. The molecule has 1 spiro atoms. The largest absolute Gasteiger partial charge is 0.507 e. The van der Waals surface area contributed by atoms with Crippen LogP contribution in [-0.4, -0.2) is 88.9 Å². The van der Waals surface area contributed by atoms with Crippen LogP contribution in [0.4, 0.5) is 0 Å². The number of carbonyl (C=O) groups excluding carboxylic acids is 3. The monoisotopic (exact) mass is 771 g/mol. The highest BCUT2D eigenvalue weighted by Crippen LogP contribution is 2.68. The van der Waals surface area contributed by atoms with E-state index in [0.29, 0.717) is 23.1 Å². The van der Waals surface area contributed by atoms with Crippen molar-refractivity contribution in [1.82, 2.24) is 4.90 Å². The van der Waals surface area contributed by atoms with Crippen molar-refractivity contribution in [1.29, 1.82) is 0 Å². The maximum absolute atomic E-state index is 15.0. The van der Waals surface area contributed by atoms with E-state index in [2.05, 4.69) is 24.8 Å². The second-order valence-corrected chi connectivity index (χ2v) is 17.3. The van der Waals surface area contributed by atoms with Crippen LogP contribution in [0.5, 0.6) is 17.2 Å². The average molecular weight is 772 g/mol. The summed E-state index contributed by atoms with van der Waals surface area (Å²) in [7, 11) is 0. The highest BCUT2D eigenvalue weighted by atomic mass is 16.6. The first-order valence-corrected chi connectivity index (χ1v) is 20.4. The molecule has 6 aliphatic rings. The molecule has 4 atom stereocenters. The number of hydrogen-bond donors (Lipinski definition) is 2. The Labute approximate surface area is 332 Å². The zero-order valence-corrected chi connectivity index (χ0v) is 34.6. The predicted octanol–water partition coefficient (Wildman–Crippen LogP) is 7.84. The molecule has 3 aliphatic heterocycles. The first-order chi connectivity index (χ1) is 26.5. The SMILES string of the molecule is CC(C)=CCC/C(C)=C/Cc1c(O)c(CC=C(C)C)c2c(c1O)C(=O)C1=CC3CC4C(C)(C)OC(C/C=C(\C)C(=O)OCCCCN5CCOCC5)(C3=O)C14O2. The normalized spacial score (nSPS) is 26.6. The number of benzene rings is 1. The summed E-state index contributed by atoms with van der Waals surface area (Å²) >= 11 is 0. The minimum Gasteiger partial charge on any atom is -0.507 e. The van der Waals surface area contributed by atoms with Gasteiger partial charge in [0.1, 0.15) is 22.8 Å². The maximum Gasteiger partial charge on any atom is 0.333 e. The van der Waals surface area contributed by atoms with E-state index in [1.807, 2.05) is 46.8 Å². The van der Waals surface area contributed by atoms with Gasteiger partial charge < -0.3 is 29.2 Å². The lowest BCUT2D eigenvalue weighted by Crippen LogP contribution is -2.72. The van der Waals surface area contributed by atoms with Crippen molar-refractivity contribution < 1.29 is 43.5 Å². The molecule has 304 valence electrons. The summed E-state index contributed by atoms with van der Waals surface area (Å²) in [6.07, 6.45) is 13.7. The average Bonchev–Trinajstić information content (AvgIpc) is 3.30. The van der Waals surface area contributed by atoms with Crippen LogP contribution in [0.2, 0.25) is 0 Å². The predicted molar refractivity (Wildman–Crippen MR) is 215 cm³/mol. The van der Waals surface area contributed by atoms with Crippen LogP contribution in [0.15, 0.2) is 58.2 Å². The maximum atomic E-state index is 15.0. The van der Waals surface area contributed by atoms with Gasteiger partial charge in [0.25, 0.3) is 0 Å². The number of morpholine rings is 1. The quantitative estimate of drug-likeness (QED) is 0.0787. The number of phenolic OH excluding ortho intramolecular Hbond substituents is 2. The molecule has 0 aromatic heterocycles. The number of carbonyl (C=O) groups is 3. The third kappa shape index (κ3) is 7.57. The molecule has 2 saturated heterocycles. The Morgan fingerprint density at radius 2 is 1.62 bits per heavy atom. The summed E-state index contributed by atoms with van der Waals surface area (Å²) in [4.78, 5) is 45.1. The summed E-state index contributed by atoms with van der Waals surface area (Å²) in [6.45, 7) is 20.1. The molecule has 56 heavy (non-hydrogen) atoms. The molecule has 4 unspecified atom stereocenters. The van der Waals surface area contributed by atoms with Crippen molar-refractivity contribution in [2.75, 3.05) is 39.5 Å². The molecule has 1 aromatic rings. The number of Topliss-reactive ketones (excluding diaryl/α,β-unsaturated/α-hetero) is 2. The molecule has 10 heteroatoms. The van der Waals surface area contributed by atoms with Crippen molar-refractivity contribution in [3.8, 4) is 17.2 Å². The van der Waals surface area contributed by atoms with Gasteiger partial charge in [-0.05, 0) is 107 Å². The summed E-state index contributed by atoms with van der Waals surface area (Å²) in [5, 5.41) is 23.8. The Morgan fingerprint density at radius 3 is 2.32 bits per heavy atom. The third-order valence-electron chi connectivity index (χ3n) is 12.4. The summed E-state index contributed by atoms with van der Waals surface area (Å²) < 4.78 is 25.0. The number of unbranched alkanes of at least 4 members (excludes halogenated alkanes) is 1. The van der Waals surface area contributed by atoms with Crippen molar-refractivity contribution in [3.63, 3.8) is 0 Å². The fourth-order valence-electron chi connectivity index (χ4n) is 9.34. The molecule has 1 aromatic carbocycles. The number of rotatable bonds is 15. The first-order valence-electron chi connectivity index (χ1n) is 20.4. The van der Waals surface area contributed by atoms with Crippen LogP contribution < -0.4 is 4.74 Å². The highest BCUT2D eigenvalue weighted by molar-refractivity contribution is 6.18. The van der Waals surface area contributed by atoms with Crippen LogP contribution in [-0.2, 0) is 36.6 Å². The van der Waals surface area contributed by atoms with Gasteiger partial charge in [-0.25, -0.2) is 4.79 Å². The number of ketones is 2. The van der Waals surface area contributed by atoms with E-state index >= 15 is 0 Å². The van der Waals surface area contributed by atoms with E-state index < -0.39 is 40.4 Å². The standard InChI is InChI=1S/C46H61NO9/c1-28(2)12-11-13-30(5)15-17-33-38(48)34(16-14-29(3)4)41-37(39(33)49)40(50)35-26-32-27-36-44(7,8)56-45(42(32)51,46(35,36)55-41)19-18-31(6)43(52)54-23-10-9-20-47-21-24-53-25-22-47/h12,14-15,18,26,32,36,48-49H,9-11,13,16-17,19-25,27H2,1-8H3/b30-15+,31-18+. The first kappa shape index (κ1) is 41.6. The zero-order chi connectivity index (χ0) is 40.6. The second kappa shape index (κ2) is 16.5. The molecule has 7 rings (SSSR count). The molecule has 10 nitrogen and oxygen atoms in total. The van der Waals surface area contributed by atoms with Crippen molar-refractivity contribution in [3.05, 3.63) is 74.9 Å². The Balaban J connectivity index is 1.33. The van der Waals surface area contributed by atoms with E-state index in [9.17, 15) is 24.6 Å². The summed E-state index contributed by atoms with van der Waals surface area (Å²) in [5.41, 5.74) is 0.550. The number of allylic oxidation sites excluding steroid dienone is 7. The van der Waals surface area contributed by atoms with E-state index in [1.165, 1.54) is 5.57 Å². The van der Waals surface area contributed by atoms with Crippen LogP contribution in [0, 0.1) is 11.8 Å². The highest BCUT2D eigenvalue weighted by Gasteiger charge is 2.81. The number of esters is 1. The number of fused-ring (bicyclic) bond motifs is 1. The van der Waals surface area contributed by atoms with Gasteiger partial charge in [0, 0.05) is 53.6 Å². The van der Waals surface area contributed by atoms with Crippen molar-refractivity contribution in [2.24, 2.45) is 11.8 Å². The molecule has 0 radical (unpaired) electrons. The van der Waals surface area contributed by atoms with E-state index in [0.717, 1.165) is 69.7 Å². The minimum atomic E-state index is -1.63. The van der Waals surface area contributed by atoms with Crippen LogP contribution in [0.3, 0.4) is 0 Å². The van der Waals surface area contributed by atoms with Gasteiger partial charge in [-0.2, -0.15) is 0 Å². The van der Waals surface area contributed by atoms with Gasteiger partial charge in [0.05, 0.1) is 25.4 Å². The van der Waals surface area contributed by atoms with Crippen LogP contribution >= 0.6 is 0 Å². The van der Waals surface area contributed by atoms with Gasteiger partial charge in [-0.3, -0.25) is 14.5 Å². The minimum absolute atomic E-state index is 0.00120. The molecule has 1 saturated carbocycles. The Bertz CT molecular complexity index is 1900. The Kier molecular flexibility index (Phi) is 12.2.